The van der Waals surface area contributed by atoms with E-state index in [9.17, 15) is 0 Å². The smallest absolute Gasteiger partial charge is 0.188 e. The van der Waals surface area contributed by atoms with Gasteiger partial charge in [0.15, 0.2) is 5.96 Å². The Morgan fingerprint density at radius 2 is 2.29 bits per heavy atom. The van der Waals surface area contributed by atoms with Gasteiger partial charge in [-0.2, -0.15) is 0 Å². The Morgan fingerprint density at radius 3 is 2.86 bits per heavy atom. The SMILES string of the molecule is CN=C(N)NC(C)c1cccc(Br)c1. The summed E-state index contributed by atoms with van der Waals surface area (Å²) in [5.41, 5.74) is 6.75. The molecule has 1 rings (SSSR count). The van der Waals surface area contributed by atoms with E-state index in [0.717, 1.165) is 4.47 Å². The van der Waals surface area contributed by atoms with Crippen LogP contribution in [-0.4, -0.2) is 13.0 Å². The first kappa shape index (κ1) is 11.0. The van der Waals surface area contributed by atoms with Crippen LogP contribution in [0, 0.1) is 0 Å². The lowest BCUT2D eigenvalue weighted by Crippen LogP contribution is -2.33. The molecule has 0 aromatic heterocycles. The summed E-state index contributed by atoms with van der Waals surface area (Å²) in [6.45, 7) is 2.04. The predicted molar refractivity (Wildman–Crippen MR) is 63.2 cm³/mol. The fourth-order valence-corrected chi connectivity index (χ4v) is 1.56. The molecule has 76 valence electrons. The molecule has 0 heterocycles. The molecule has 4 heteroatoms. The monoisotopic (exact) mass is 255 g/mol. The second kappa shape index (κ2) is 5.00. The molecule has 14 heavy (non-hydrogen) atoms. The largest absolute Gasteiger partial charge is 0.370 e. The van der Waals surface area contributed by atoms with E-state index in [4.69, 9.17) is 5.73 Å². The van der Waals surface area contributed by atoms with Crippen LogP contribution in [0.4, 0.5) is 0 Å². The number of benzene rings is 1. The maximum absolute atomic E-state index is 5.58. The summed E-state index contributed by atoms with van der Waals surface area (Å²) < 4.78 is 1.07. The number of nitrogens with zero attached hydrogens (tertiary/aromatic N) is 1. The van der Waals surface area contributed by atoms with Crippen molar-refractivity contribution in [2.24, 2.45) is 10.7 Å². The predicted octanol–water partition coefficient (Wildman–Crippen LogP) is 2.04. The lowest BCUT2D eigenvalue weighted by atomic mass is 10.1. The highest BCUT2D eigenvalue weighted by molar-refractivity contribution is 9.10. The van der Waals surface area contributed by atoms with Crippen molar-refractivity contribution in [3.8, 4) is 0 Å². The molecule has 0 spiro atoms. The van der Waals surface area contributed by atoms with E-state index < -0.39 is 0 Å². The molecule has 0 aliphatic rings. The van der Waals surface area contributed by atoms with Crippen LogP contribution in [0.15, 0.2) is 33.7 Å². The fraction of sp³-hybridized carbons (Fsp3) is 0.300. The number of guanidine groups is 1. The quantitative estimate of drug-likeness (QED) is 0.628. The lowest BCUT2D eigenvalue weighted by molar-refractivity contribution is 0.710. The maximum Gasteiger partial charge on any atom is 0.188 e. The highest BCUT2D eigenvalue weighted by atomic mass is 79.9. The highest BCUT2D eigenvalue weighted by Crippen LogP contribution is 2.17. The highest BCUT2D eigenvalue weighted by Gasteiger charge is 2.05. The van der Waals surface area contributed by atoms with Gasteiger partial charge in [-0.05, 0) is 24.6 Å². The Labute approximate surface area is 92.5 Å². The third kappa shape index (κ3) is 3.03. The average molecular weight is 256 g/mol. The Morgan fingerprint density at radius 1 is 1.57 bits per heavy atom. The molecule has 0 fully saturated rings. The van der Waals surface area contributed by atoms with Gasteiger partial charge < -0.3 is 11.1 Å². The summed E-state index contributed by atoms with van der Waals surface area (Å²) in [5.74, 6) is 0.456. The zero-order chi connectivity index (χ0) is 10.6. The number of nitrogens with two attached hydrogens (primary N) is 1. The molecule has 3 N–H and O–H groups in total. The molecule has 0 bridgehead atoms. The summed E-state index contributed by atoms with van der Waals surface area (Å²) >= 11 is 3.42. The van der Waals surface area contributed by atoms with Crippen molar-refractivity contribution in [3.63, 3.8) is 0 Å². The normalized spacial score (nSPS) is 13.8. The molecule has 1 aromatic carbocycles. The van der Waals surface area contributed by atoms with E-state index >= 15 is 0 Å². The molecule has 0 saturated carbocycles. The van der Waals surface area contributed by atoms with Gasteiger partial charge in [0.05, 0.1) is 6.04 Å². The third-order valence-electron chi connectivity index (χ3n) is 1.95. The van der Waals surface area contributed by atoms with Crippen molar-refractivity contribution < 1.29 is 0 Å². The van der Waals surface area contributed by atoms with Gasteiger partial charge in [0.2, 0.25) is 0 Å². The minimum absolute atomic E-state index is 0.163. The molecular formula is C10H14BrN3. The van der Waals surface area contributed by atoms with Gasteiger partial charge in [0, 0.05) is 11.5 Å². The minimum atomic E-state index is 0.163. The summed E-state index contributed by atoms with van der Waals surface area (Å²) in [6, 6.07) is 8.26. The zero-order valence-electron chi connectivity index (χ0n) is 8.29. The van der Waals surface area contributed by atoms with Crippen LogP contribution < -0.4 is 11.1 Å². The van der Waals surface area contributed by atoms with Gasteiger partial charge in [-0.25, -0.2) is 0 Å². The first-order valence-electron chi connectivity index (χ1n) is 4.37. The van der Waals surface area contributed by atoms with Crippen molar-refractivity contribution in [3.05, 3.63) is 34.3 Å². The Balaban J connectivity index is 2.74. The topological polar surface area (TPSA) is 50.4 Å². The van der Waals surface area contributed by atoms with Gasteiger partial charge in [-0.3, -0.25) is 4.99 Å². The van der Waals surface area contributed by atoms with E-state index in [1.807, 2.05) is 25.1 Å². The lowest BCUT2D eigenvalue weighted by Gasteiger charge is -2.14. The van der Waals surface area contributed by atoms with Crippen LogP contribution in [0.5, 0.6) is 0 Å². The average Bonchev–Trinajstić information content (AvgIpc) is 2.17. The molecule has 1 aromatic rings. The second-order valence-corrected chi connectivity index (χ2v) is 3.95. The Kier molecular flexibility index (Phi) is 3.95. The molecule has 1 atom stereocenters. The van der Waals surface area contributed by atoms with Gasteiger partial charge >= 0.3 is 0 Å². The van der Waals surface area contributed by atoms with Crippen LogP contribution in [0.2, 0.25) is 0 Å². The molecular weight excluding hydrogens is 242 g/mol. The molecule has 3 nitrogen and oxygen atoms in total. The first-order valence-corrected chi connectivity index (χ1v) is 5.17. The number of hydrogen-bond acceptors (Lipinski definition) is 1. The van der Waals surface area contributed by atoms with Crippen molar-refractivity contribution in [2.45, 2.75) is 13.0 Å². The molecule has 0 amide bonds. The number of nitrogens with one attached hydrogen (secondary N) is 1. The molecule has 1 unspecified atom stereocenters. The van der Waals surface area contributed by atoms with Crippen molar-refractivity contribution in [2.75, 3.05) is 7.05 Å². The van der Waals surface area contributed by atoms with E-state index in [1.54, 1.807) is 7.05 Å². The summed E-state index contributed by atoms with van der Waals surface area (Å²) in [7, 11) is 1.66. The molecule has 0 aliphatic carbocycles. The van der Waals surface area contributed by atoms with Crippen molar-refractivity contribution in [1.29, 1.82) is 0 Å². The number of rotatable bonds is 2. The first-order chi connectivity index (χ1) is 6.63. The van der Waals surface area contributed by atoms with E-state index in [0.29, 0.717) is 5.96 Å². The number of hydrogen-bond donors (Lipinski definition) is 2. The van der Waals surface area contributed by atoms with Gasteiger partial charge in [0.25, 0.3) is 0 Å². The van der Waals surface area contributed by atoms with Crippen LogP contribution in [0.25, 0.3) is 0 Å². The van der Waals surface area contributed by atoms with E-state index in [-0.39, 0.29) is 6.04 Å². The van der Waals surface area contributed by atoms with Crippen LogP contribution in [0.1, 0.15) is 18.5 Å². The summed E-state index contributed by atoms with van der Waals surface area (Å²) in [5, 5.41) is 3.08. The third-order valence-corrected chi connectivity index (χ3v) is 2.45. The van der Waals surface area contributed by atoms with E-state index in [2.05, 4.69) is 32.3 Å². The summed E-state index contributed by atoms with van der Waals surface area (Å²) in [6.07, 6.45) is 0. The van der Waals surface area contributed by atoms with Gasteiger partial charge in [0.1, 0.15) is 0 Å². The maximum atomic E-state index is 5.58. The van der Waals surface area contributed by atoms with E-state index in [1.165, 1.54) is 5.56 Å². The molecule has 0 aliphatic heterocycles. The summed E-state index contributed by atoms with van der Waals surface area (Å²) in [4.78, 5) is 3.85. The van der Waals surface area contributed by atoms with Gasteiger partial charge in [-0.1, -0.05) is 28.1 Å². The number of halogens is 1. The Hall–Kier alpha value is -1.03. The van der Waals surface area contributed by atoms with Crippen molar-refractivity contribution in [1.82, 2.24) is 5.32 Å². The standard InChI is InChI=1S/C10H14BrN3/c1-7(14-10(12)13-2)8-4-3-5-9(11)6-8/h3-7H,1-2H3,(H3,12,13,14). The molecule has 0 radical (unpaired) electrons. The zero-order valence-corrected chi connectivity index (χ0v) is 9.88. The second-order valence-electron chi connectivity index (χ2n) is 3.03. The van der Waals surface area contributed by atoms with Crippen LogP contribution in [0.3, 0.4) is 0 Å². The molecule has 0 saturated heterocycles. The van der Waals surface area contributed by atoms with Crippen LogP contribution >= 0.6 is 15.9 Å². The Bertz CT molecular complexity index is 336. The minimum Gasteiger partial charge on any atom is -0.370 e. The number of aliphatic imine (C=N–C) groups is 1. The van der Waals surface area contributed by atoms with Crippen molar-refractivity contribution >= 4 is 21.9 Å². The van der Waals surface area contributed by atoms with Gasteiger partial charge in [-0.15, -0.1) is 0 Å². The fourth-order valence-electron chi connectivity index (χ4n) is 1.15. The van der Waals surface area contributed by atoms with Crippen LogP contribution in [-0.2, 0) is 0 Å².